The molecule has 2 atom stereocenters. The molecule has 0 radical (unpaired) electrons. The molecule has 1 aliphatic rings. The lowest BCUT2D eigenvalue weighted by molar-refractivity contribution is 0.266. The summed E-state index contributed by atoms with van der Waals surface area (Å²) in [5.74, 6) is 1.71. The molecule has 0 spiro atoms. The van der Waals surface area contributed by atoms with Gasteiger partial charge in [-0.15, -0.1) is 0 Å². The Morgan fingerprint density at radius 2 is 0.634 bits per heavy atom. The van der Waals surface area contributed by atoms with Gasteiger partial charge in [0, 0.05) is 17.3 Å². The SMILES string of the molecule is CCCCC(CC)CC1(CC(CC)CCCC)c2cc(C=Cc3ccc(C(c4ccccc4)c4ccccc4)cc3)ccc2-c2ccc(C=Cc3ccc(C(c4ccccc4)c4ccccc4)cc3)cc21. The van der Waals surface area contributed by atoms with Crippen molar-refractivity contribution in [2.45, 2.75) is 109 Å². The van der Waals surface area contributed by atoms with E-state index in [-0.39, 0.29) is 17.3 Å². The molecule has 0 N–H and O–H groups in total. The topological polar surface area (TPSA) is 0 Å². The normalized spacial score (nSPS) is 15.1. The van der Waals surface area contributed by atoms with Gasteiger partial charge in [-0.3, -0.25) is 0 Å². The van der Waals surface area contributed by atoms with Crippen LogP contribution < -0.4 is 0 Å². The van der Waals surface area contributed by atoms with E-state index in [0.717, 1.165) is 0 Å². The van der Waals surface area contributed by atoms with Crippen molar-refractivity contribution in [1.29, 1.82) is 0 Å². The van der Waals surface area contributed by atoms with Crippen molar-refractivity contribution in [2.24, 2.45) is 11.8 Å². The van der Waals surface area contributed by atoms with Crippen molar-refractivity contribution >= 4 is 24.3 Å². The minimum absolute atomic E-state index is 0.0573. The fraction of sp³-hybridized carbons (Fsp3) is 0.268. The lowest BCUT2D eigenvalue weighted by Crippen LogP contribution is -2.31. The zero-order valence-corrected chi connectivity index (χ0v) is 42.8. The highest BCUT2D eigenvalue weighted by molar-refractivity contribution is 5.85. The lowest BCUT2D eigenvalue weighted by atomic mass is 9.65. The molecule has 1 aliphatic carbocycles. The average Bonchev–Trinajstić information content (AvgIpc) is 3.68. The zero-order chi connectivity index (χ0) is 48.8. The highest BCUT2D eigenvalue weighted by Crippen LogP contribution is 2.57. The minimum Gasteiger partial charge on any atom is -0.0654 e. The molecule has 71 heavy (non-hydrogen) atoms. The summed E-state index contributed by atoms with van der Waals surface area (Å²) in [6.45, 7) is 9.60. The largest absolute Gasteiger partial charge is 0.0654 e. The highest BCUT2D eigenvalue weighted by Gasteiger charge is 2.45. The Hall–Kier alpha value is -6.76. The van der Waals surface area contributed by atoms with Crippen molar-refractivity contribution in [3.8, 4) is 11.1 Å². The second-order valence-corrected chi connectivity index (χ2v) is 20.4. The molecule has 0 saturated carbocycles. The average molecular weight is 927 g/mol. The number of unbranched alkanes of at least 4 members (excludes halogenated alkanes) is 2. The first-order chi connectivity index (χ1) is 35.0. The van der Waals surface area contributed by atoms with Crippen molar-refractivity contribution in [3.63, 3.8) is 0 Å². The zero-order valence-electron chi connectivity index (χ0n) is 42.8. The molecule has 0 heterocycles. The number of hydrogen-bond donors (Lipinski definition) is 0. The fourth-order valence-electron chi connectivity index (χ4n) is 11.9. The van der Waals surface area contributed by atoms with Gasteiger partial charge in [-0.05, 0) is 103 Å². The van der Waals surface area contributed by atoms with Gasteiger partial charge in [0.2, 0.25) is 0 Å². The third kappa shape index (κ3) is 11.6. The lowest BCUT2D eigenvalue weighted by Gasteiger charge is -2.39. The van der Waals surface area contributed by atoms with E-state index in [2.05, 4.69) is 258 Å². The third-order valence-corrected chi connectivity index (χ3v) is 15.8. The quantitative estimate of drug-likeness (QED) is 0.0469. The van der Waals surface area contributed by atoms with Gasteiger partial charge in [0.15, 0.2) is 0 Å². The summed E-state index contributed by atoms with van der Waals surface area (Å²) in [6.07, 6.45) is 21.8. The van der Waals surface area contributed by atoms with E-state index >= 15 is 0 Å². The van der Waals surface area contributed by atoms with Crippen LogP contribution in [0.3, 0.4) is 0 Å². The van der Waals surface area contributed by atoms with Gasteiger partial charge < -0.3 is 0 Å². The van der Waals surface area contributed by atoms with Crippen LogP contribution >= 0.6 is 0 Å². The summed E-state index contributed by atoms with van der Waals surface area (Å²) in [5.41, 5.74) is 18.8. The highest BCUT2D eigenvalue weighted by atomic mass is 14.5. The van der Waals surface area contributed by atoms with Crippen LogP contribution in [0.4, 0.5) is 0 Å². The number of fused-ring (bicyclic) bond motifs is 3. The van der Waals surface area contributed by atoms with Crippen molar-refractivity contribution in [2.75, 3.05) is 0 Å². The standard InChI is InChI=1S/C71H74/c1-5-9-23-53(7-3)51-71(52-54(8-4)24-10-6-2)67-49-57(35-33-55-37-43-63(44-38-55)69(59-25-15-11-16-26-59)60-27-17-12-18-28-60)41-47-65(67)66-48-42-58(50-68(66)71)36-34-56-39-45-64(46-40-56)70(61-29-19-13-20-30-61)62-31-21-14-22-32-62/h11-22,25-50,53-54,69-70H,5-10,23-24,51-52H2,1-4H3. The molecule has 358 valence electrons. The molecule has 0 amide bonds. The number of hydrogen-bond acceptors (Lipinski definition) is 0. The molecular weight excluding hydrogens is 853 g/mol. The van der Waals surface area contributed by atoms with Crippen LogP contribution in [0.2, 0.25) is 0 Å². The minimum atomic E-state index is -0.0573. The van der Waals surface area contributed by atoms with Crippen molar-refractivity contribution in [1.82, 2.24) is 0 Å². The first kappa shape index (κ1) is 49.2. The Bertz CT molecular complexity index is 2650. The molecule has 2 unspecified atom stereocenters. The Morgan fingerprint density at radius 1 is 0.338 bits per heavy atom. The van der Waals surface area contributed by atoms with Gasteiger partial charge in [0.05, 0.1) is 0 Å². The Balaban J connectivity index is 1.06. The van der Waals surface area contributed by atoms with Gasteiger partial charge in [0.25, 0.3) is 0 Å². The number of rotatable bonds is 22. The molecule has 0 nitrogen and oxygen atoms in total. The van der Waals surface area contributed by atoms with E-state index in [9.17, 15) is 0 Å². The van der Waals surface area contributed by atoms with Gasteiger partial charge >= 0.3 is 0 Å². The molecule has 0 heteroatoms. The Labute approximate surface area is 427 Å². The first-order valence-corrected chi connectivity index (χ1v) is 27.0. The molecule has 0 aromatic heterocycles. The molecule has 0 bridgehead atoms. The van der Waals surface area contributed by atoms with Crippen molar-refractivity contribution in [3.05, 3.63) is 273 Å². The van der Waals surface area contributed by atoms with Crippen LogP contribution in [0.25, 0.3) is 35.4 Å². The molecule has 0 fully saturated rings. The van der Waals surface area contributed by atoms with E-state index in [1.54, 1.807) is 11.1 Å². The Morgan fingerprint density at radius 3 is 0.944 bits per heavy atom. The number of benzene rings is 8. The Kier molecular flexibility index (Phi) is 16.6. The molecular formula is C71H74. The predicted molar refractivity (Wildman–Crippen MR) is 307 cm³/mol. The third-order valence-electron chi connectivity index (χ3n) is 15.8. The van der Waals surface area contributed by atoms with Gasteiger partial charge in [-0.2, -0.15) is 0 Å². The molecule has 9 rings (SSSR count). The van der Waals surface area contributed by atoms with Crippen LogP contribution in [-0.2, 0) is 5.41 Å². The van der Waals surface area contributed by atoms with Gasteiger partial charge in [-0.1, -0.05) is 310 Å². The van der Waals surface area contributed by atoms with E-state index in [0.29, 0.717) is 11.8 Å². The van der Waals surface area contributed by atoms with Crippen LogP contribution in [0, 0.1) is 11.8 Å². The summed E-state index contributed by atoms with van der Waals surface area (Å²) in [6, 6.07) is 77.0. The van der Waals surface area contributed by atoms with Crippen LogP contribution in [0.5, 0.6) is 0 Å². The van der Waals surface area contributed by atoms with Gasteiger partial charge in [0.1, 0.15) is 0 Å². The summed E-state index contributed by atoms with van der Waals surface area (Å²) in [4.78, 5) is 0. The van der Waals surface area contributed by atoms with E-state index < -0.39 is 0 Å². The second-order valence-electron chi connectivity index (χ2n) is 20.4. The van der Waals surface area contributed by atoms with E-state index in [1.165, 1.54) is 131 Å². The molecule has 0 aliphatic heterocycles. The summed E-state index contributed by atoms with van der Waals surface area (Å²) in [5, 5.41) is 0. The first-order valence-electron chi connectivity index (χ1n) is 27.0. The van der Waals surface area contributed by atoms with Crippen LogP contribution in [0.15, 0.2) is 206 Å². The predicted octanol–water partition coefficient (Wildman–Crippen LogP) is 19.9. The summed E-state index contributed by atoms with van der Waals surface area (Å²) < 4.78 is 0. The monoisotopic (exact) mass is 927 g/mol. The molecule has 8 aromatic rings. The fourth-order valence-corrected chi connectivity index (χ4v) is 11.9. The second kappa shape index (κ2) is 23.9. The van der Waals surface area contributed by atoms with Crippen LogP contribution in [-0.4, -0.2) is 0 Å². The molecule has 0 saturated heterocycles. The maximum absolute atomic E-state index is 2.59. The van der Waals surface area contributed by atoms with Crippen molar-refractivity contribution < 1.29 is 0 Å². The summed E-state index contributed by atoms with van der Waals surface area (Å²) in [7, 11) is 0. The van der Waals surface area contributed by atoms with Gasteiger partial charge in [-0.25, -0.2) is 0 Å². The van der Waals surface area contributed by atoms with Crippen LogP contribution in [0.1, 0.15) is 171 Å². The maximum Gasteiger partial charge on any atom is 0.0339 e. The smallest absolute Gasteiger partial charge is 0.0339 e. The van der Waals surface area contributed by atoms with E-state index in [4.69, 9.17) is 0 Å². The van der Waals surface area contributed by atoms with E-state index in [1.807, 2.05) is 0 Å². The molecule has 8 aromatic carbocycles. The maximum atomic E-state index is 2.59. The summed E-state index contributed by atoms with van der Waals surface area (Å²) >= 11 is 0.